The van der Waals surface area contributed by atoms with Gasteiger partial charge in [0.1, 0.15) is 5.78 Å². The van der Waals surface area contributed by atoms with Crippen LogP contribution in [0.1, 0.15) is 194 Å². The highest BCUT2D eigenvalue weighted by atomic mass is 16.1. The van der Waals surface area contributed by atoms with Crippen molar-refractivity contribution in [1.29, 1.82) is 0 Å². The minimum atomic E-state index is 0.333. The Bertz CT molecular complexity index is 475. The Morgan fingerprint density at radius 2 is 0.639 bits per heavy atom. The van der Waals surface area contributed by atoms with Gasteiger partial charge in [-0.25, -0.2) is 0 Å². The fraction of sp³-hybridized carbons (Fsp3) is 0.857. The van der Waals surface area contributed by atoms with Gasteiger partial charge < -0.3 is 4.79 Å². The molecule has 0 aliphatic rings. The highest BCUT2D eigenvalue weighted by molar-refractivity contribution is 5.75. The van der Waals surface area contributed by atoms with Crippen LogP contribution in [0.3, 0.4) is 0 Å². The topological polar surface area (TPSA) is 17.1 Å². The molecule has 212 valence electrons. The summed E-state index contributed by atoms with van der Waals surface area (Å²) in [6.45, 7) is 3.99. The fourth-order valence-corrected chi connectivity index (χ4v) is 4.97. The summed E-state index contributed by atoms with van der Waals surface area (Å²) in [5.41, 5.74) is 0. The summed E-state index contributed by atoms with van der Waals surface area (Å²) in [4.78, 5) is 10.9. The second-order valence-corrected chi connectivity index (χ2v) is 11.3. The van der Waals surface area contributed by atoms with E-state index in [1.807, 2.05) is 0 Å². The van der Waals surface area contributed by atoms with Gasteiger partial charge in [0.15, 0.2) is 0 Å². The van der Waals surface area contributed by atoms with Crippen LogP contribution in [0.4, 0.5) is 0 Å². The molecule has 36 heavy (non-hydrogen) atoms. The largest absolute Gasteiger partial charge is 0.300 e. The minimum Gasteiger partial charge on any atom is -0.300 e. The van der Waals surface area contributed by atoms with Crippen molar-refractivity contribution < 1.29 is 4.79 Å². The van der Waals surface area contributed by atoms with E-state index in [1.165, 1.54) is 167 Å². The Kier molecular flexibility index (Phi) is 31.4. The van der Waals surface area contributed by atoms with Crippen LogP contribution in [0.25, 0.3) is 0 Å². The minimum absolute atomic E-state index is 0.333. The van der Waals surface area contributed by atoms with Gasteiger partial charge in [-0.2, -0.15) is 0 Å². The van der Waals surface area contributed by atoms with Crippen LogP contribution in [0.5, 0.6) is 0 Å². The van der Waals surface area contributed by atoms with Crippen molar-refractivity contribution in [3.63, 3.8) is 0 Å². The van der Waals surface area contributed by atoms with Crippen LogP contribution in [0, 0.1) is 0 Å². The van der Waals surface area contributed by atoms with E-state index in [2.05, 4.69) is 31.2 Å². The van der Waals surface area contributed by atoms with Crippen molar-refractivity contribution in [3.05, 3.63) is 24.3 Å². The van der Waals surface area contributed by atoms with E-state index in [4.69, 9.17) is 0 Å². The summed E-state index contributed by atoms with van der Waals surface area (Å²) >= 11 is 0. The van der Waals surface area contributed by atoms with Gasteiger partial charge in [0, 0.05) is 6.42 Å². The van der Waals surface area contributed by atoms with E-state index in [0.717, 1.165) is 12.8 Å². The average Bonchev–Trinajstić information content (AvgIpc) is 2.87. The smallest absolute Gasteiger partial charge is 0.129 e. The third kappa shape index (κ3) is 33.1. The molecular weight excluding hydrogens is 436 g/mol. The molecule has 0 rings (SSSR count). The molecule has 0 atom stereocenters. The number of ketones is 1. The lowest BCUT2D eigenvalue weighted by atomic mass is 10.0. The first-order valence-corrected chi connectivity index (χ1v) is 16.6. The van der Waals surface area contributed by atoms with Crippen molar-refractivity contribution in [1.82, 2.24) is 0 Å². The third-order valence-corrected chi connectivity index (χ3v) is 7.45. The Hall–Kier alpha value is -0.850. The number of hydrogen-bond acceptors (Lipinski definition) is 1. The molecule has 0 spiro atoms. The van der Waals surface area contributed by atoms with E-state index in [1.54, 1.807) is 6.92 Å². The molecule has 1 heteroatoms. The molecule has 0 aliphatic carbocycles. The van der Waals surface area contributed by atoms with Crippen molar-refractivity contribution >= 4 is 5.78 Å². The fourth-order valence-electron chi connectivity index (χ4n) is 4.97. The number of unbranched alkanes of at least 4 members (excludes halogenated alkanes) is 24. The molecule has 0 heterocycles. The predicted octanol–water partition coefficient (Wildman–Crippen LogP) is 12.6. The van der Waals surface area contributed by atoms with Crippen molar-refractivity contribution in [2.45, 2.75) is 194 Å². The van der Waals surface area contributed by atoms with Crippen LogP contribution >= 0.6 is 0 Å². The molecule has 0 N–H and O–H groups in total. The molecule has 0 aromatic carbocycles. The molecule has 0 aromatic heterocycles. The zero-order chi connectivity index (χ0) is 26.2. The summed E-state index contributed by atoms with van der Waals surface area (Å²) in [7, 11) is 0. The summed E-state index contributed by atoms with van der Waals surface area (Å²) in [5.74, 6) is 0.333. The Balaban J connectivity index is 3.11. The van der Waals surface area contributed by atoms with Gasteiger partial charge in [0.05, 0.1) is 0 Å². The standard InChI is InChI=1S/C35H66O/c1-3-4-5-6-7-8-9-10-11-12-13-14-15-16-17-18-19-20-21-22-23-24-25-26-27-28-29-30-31-32-33-34-35(2)36/h10-11,28-29H,3-9,12-27,30-34H2,1-2H3. The predicted molar refractivity (Wildman–Crippen MR) is 164 cm³/mol. The van der Waals surface area contributed by atoms with Crippen molar-refractivity contribution in [2.75, 3.05) is 0 Å². The summed E-state index contributed by atoms with van der Waals surface area (Å²) in [6, 6.07) is 0. The van der Waals surface area contributed by atoms with E-state index in [0.29, 0.717) is 5.78 Å². The lowest BCUT2D eigenvalue weighted by Crippen LogP contribution is -1.88. The number of Topliss-reactive ketones (excluding diaryl/α,β-unsaturated/α-hetero) is 1. The second-order valence-electron chi connectivity index (χ2n) is 11.3. The molecule has 0 saturated carbocycles. The third-order valence-electron chi connectivity index (χ3n) is 7.45. The first kappa shape index (κ1) is 35.2. The number of carbonyl (C=O) groups excluding carboxylic acids is 1. The normalized spacial score (nSPS) is 11.8. The highest BCUT2D eigenvalue weighted by Crippen LogP contribution is 2.14. The van der Waals surface area contributed by atoms with Gasteiger partial charge in [-0.1, -0.05) is 147 Å². The zero-order valence-corrected chi connectivity index (χ0v) is 25.0. The molecule has 0 fully saturated rings. The molecule has 1 nitrogen and oxygen atoms in total. The maximum Gasteiger partial charge on any atom is 0.129 e. The SMILES string of the molecule is CCCCCCCCC=CCCCCCCCCCCCCCCCCC=CCCCCCC(C)=O. The Labute approximate surface area is 228 Å². The maximum absolute atomic E-state index is 10.9. The van der Waals surface area contributed by atoms with E-state index in [-0.39, 0.29) is 0 Å². The highest BCUT2D eigenvalue weighted by Gasteiger charge is 1.95. The monoisotopic (exact) mass is 503 g/mol. The van der Waals surface area contributed by atoms with E-state index in [9.17, 15) is 4.79 Å². The van der Waals surface area contributed by atoms with Gasteiger partial charge >= 0.3 is 0 Å². The van der Waals surface area contributed by atoms with Gasteiger partial charge in [0.25, 0.3) is 0 Å². The Morgan fingerprint density at radius 3 is 0.917 bits per heavy atom. The molecule has 0 aliphatic heterocycles. The maximum atomic E-state index is 10.9. The van der Waals surface area contributed by atoms with Crippen LogP contribution in [-0.2, 0) is 4.79 Å². The molecule has 0 unspecified atom stereocenters. The number of carbonyl (C=O) groups is 1. The van der Waals surface area contributed by atoms with Crippen LogP contribution in [0.15, 0.2) is 24.3 Å². The lowest BCUT2D eigenvalue weighted by molar-refractivity contribution is -0.117. The molecule has 0 bridgehead atoms. The van der Waals surface area contributed by atoms with Gasteiger partial charge in [-0.15, -0.1) is 0 Å². The molecular formula is C35H66O. The summed E-state index contributed by atoms with van der Waals surface area (Å²) < 4.78 is 0. The molecule has 0 aromatic rings. The number of rotatable bonds is 30. The summed E-state index contributed by atoms with van der Waals surface area (Å²) in [5, 5.41) is 0. The lowest BCUT2D eigenvalue weighted by Gasteiger charge is -2.03. The summed E-state index contributed by atoms with van der Waals surface area (Å²) in [6.07, 6.45) is 47.5. The second kappa shape index (κ2) is 32.2. The van der Waals surface area contributed by atoms with Crippen molar-refractivity contribution in [3.8, 4) is 0 Å². The van der Waals surface area contributed by atoms with Crippen LogP contribution in [0.2, 0.25) is 0 Å². The molecule has 0 saturated heterocycles. The zero-order valence-electron chi connectivity index (χ0n) is 25.0. The number of hydrogen-bond donors (Lipinski definition) is 0. The van der Waals surface area contributed by atoms with Gasteiger partial charge in [0.2, 0.25) is 0 Å². The van der Waals surface area contributed by atoms with Crippen LogP contribution < -0.4 is 0 Å². The first-order valence-electron chi connectivity index (χ1n) is 16.6. The molecule has 0 amide bonds. The van der Waals surface area contributed by atoms with Gasteiger partial charge in [-0.3, -0.25) is 0 Å². The van der Waals surface area contributed by atoms with Gasteiger partial charge in [-0.05, 0) is 64.7 Å². The molecule has 0 radical (unpaired) electrons. The van der Waals surface area contributed by atoms with E-state index < -0.39 is 0 Å². The Morgan fingerprint density at radius 1 is 0.389 bits per heavy atom. The van der Waals surface area contributed by atoms with Crippen molar-refractivity contribution in [2.24, 2.45) is 0 Å². The first-order chi connectivity index (χ1) is 17.8. The number of allylic oxidation sites excluding steroid dienone is 4. The average molecular weight is 503 g/mol. The van der Waals surface area contributed by atoms with Crippen LogP contribution in [-0.4, -0.2) is 5.78 Å². The quantitative estimate of drug-likeness (QED) is 0.0704. The van der Waals surface area contributed by atoms with E-state index >= 15 is 0 Å².